The molecular formula is C19H21N3O2. The number of phenolic OH excluding ortho intramolecular Hbond substituents is 1. The Morgan fingerprint density at radius 1 is 1.08 bits per heavy atom. The number of rotatable bonds is 4. The average Bonchev–Trinajstić information content (AvgIpc) is 2.62. The second kappa shape index (κ2) is 7.73. The highest BCUT2D eigenvalue weighted by Crippen LogP contribution is 2.21. The van der Waals surface area contributed by atoms with Crippen molar-refractivity contribution >= 4 is 17.4 Å². The summed E-state index contributed by atoms with van der Waals surface area (Å²) in [5.74, 6) is 0.203. The van der Waals surface area contributed by atoms with Crippen LogP contribution in [0, 0.1) is 0 Å². The number of para-hydroxylation sites is 1. The van der Waals surface area contributed by atoms with Crippen molar-refractivity contribution in [1.29, 1.82) is 0 Å². The molecule has 1 fully saturated rings. The lowest BCUT2D eigenvalue weighted by Gasteiger charge is -2.23. The number of hydrogen-bond donors (Lipinski definition) is 2. The molecule has 0 unspecified atom stereocenters. The predicted molar refractivity (Wildman–Crippen MR) is 93.6 cm³/mol. The zero-order valence-electron chi connectivity index (χ0n) is 13.5. The largest absolute Gasteiger partial charge is 0.507 e. The third-order valence-corrected chi connectivity index (χ3v) is 4.19. The minimum absolute atomic E-state index is 0.0333. The van der Waals surface area contributed by atoms with Crippen LogP contribution in [0.5, 0.6) is 5.75 Å². The van der Waals surface area contributed by atoms with Gasteiger partial charge in [-0.25, -0.2) is 9.98 Å². The van der Waals surface area contributed by atoms with Crippen LogP contribution in [-0.2, 0) is 4.79 Å². The number of phenols is 1. The monoisotopic (exact) mass is 323 g/mol. The molecule has 1 saturated carbocycles. The van der Waals surface area contributed by atoms with Gasteiger partial charge in [0, 0.05) is 17.8 Å². The summed E-state index contributed by atoms with van der Waals surface area (Å²) in [4.78, 5) is 21.3. The number of hydrogen-bond acceptors (Lipinski definition) is 4. The zero-order chi connectivity index (χ0) is 16.8. The molecule has 1 aliphatic carbocycles. The molecule has 0 bridgehead atoms. The molecule has 2 aromatic rings. The molecule has 1 amide bonds. The van der Waals surface area contributed by atoms with E-state index in [2.05, 4.69) is 15.3 Å². The molecule has 0 radical (unpaired) electrons. The molecule has 0 saturated heterocycles. The van der Waals surface area contributed by atoms with E-state index in [9.17, 15) is 9.90 Å². The highest BCUT2D eigenvalue weighted by molar-refractivity contribution is 6.46. The summed E-state index contributed by atoms with van der Waals surface area (Å²) < 4.78 is 0. The van der Waals surface area contributed by atoms with Crippen molar-refractivity contribution in [2.24, 2.45) is 4.99 Å². The number of nitrogens with zero attached hydrogens (tertiary/aromatic N) is 2. The summed E-state index contributed by atoms with van der Waals surface area (Å²) in [6.45, 7) is 0. The van der Waals surface area contributed by atoms with Crippen LogP contribution < -0.4 is 5.32 Å². The van der Waals surface area contributed by atoms with Crippen molar-refractivity contribution in [2.45, 2.75) is 38.1 Å². The SMILES string of the molecule is O=C(NC1CCCCC1)C(=Nc1ccccn1)c1ccccc1O. The highest BCUT2D eigenvalue weighted by Gasteiger charge is 2.22. The molecule has 5 heteroatoms. The molecule has 1 aromatic heterocycles. The fourth-order valence-electron chi connectivity index (χ4n) is 2.94. The van der Waals surface area contributed by atoms with E-state index in [1.54, 1.807) is 42.6 Å². The first-order chi connectivity index (χ1) is 11.7. The number of pyridine rings is 1. The van der Waals surface area contributed by atoms with Crippen LogP contribution in [-0.4, -0.2) is 27.8 Å². The van der Waals surface area contributed by atoms with Crippen LogP contribution in [0.4, 0.5) is 5.82 Å². The summed E-state index contributed by atoms with van der Waals surface area (Å²) in [5.41, 5.74) is 0.605. The standard InChI is InChI=1S/C19H21N3O2/c23-16-11-5-4-10-15(16)18(22-17-12-6-7-13-20-17)19(24)21-14-8-2-1-3-9-14/h4-7,10-14,23H,1-3,8-9H2,(H,21,24). The third kappa shape index (κ3) is 3.98. The van der Waals surface area contributed by atoms with Gasteiger partial charge in [-0.1, -0.05) is 37.5 Å². The number of aliphatic imine (C=N–C) groups is 1. The lowest BCUT2D eigenvalue weighted by Crippen LogP contribution is -2.40. The van der Waals surface area contributed by atoms with Crippen LogP contribution in [0.25, 0.3) is 0 Å². The van der Waals surface area contributed by atoms with E-state index < -0.39 is 0 Å². The number of nitrogens with one attached hydrogen (secondary N) is 1. The Hall–Kier alpha value is -2.69. The average molecular weight is 323 g/mol. The number of aromatic nitrogens is 1. The molecule has 24 heavy (non-hydrogen) atoms. The van der Waals surface area contributed by atoms with Gasteiger partial charge >= 0.3 is 0 Å². The van der Waals surface area contributed by atoms with Gasteiger partial charge in [-0.15, -0.1) is 0 Å². The minimum atomic E-state index is -0.269. The number of aromatic hydroxyl groups is 1. The van der Waals surface area contributed by atoms with Crippen molar-refractivity contribution in [2.75, 3.05) is 0 Å². The van der Waals surface area contributed by atoms with Crippen LogP contribution in [0.15, 0.2) is 53.7 Å². The van der Waals surface area contributed by atoms with Gasteiger partial charge in [0.15, 0.2) is 5.82 Å². The number of benzene rings is 1. The second-order valence-corrected chi connectivity index (χ2v) is 5.97. The van der Waals surface area contributed by atoms with Crippen molar-refractivity contribution in [3.8, 4) is 5.75 Å². The molecule has 1 aromatic carbocycles. The van der Waals surface area contributed by atoms with Gasteiger partial charge < -0.3 is 10.4 Å². The molecule has 5 nitrogen and oxygen atoms in total. The fraction of sp³-hybridized carbons (Fsp3) is 0.316. The van der Waals surface area contributed by atoms with Gasteiger partial charge in [-0.3, -0.25) is 4.79 Å². The first-order valence-corrected chi connectivity index (χ1v) is 8.33. The lowest BCUT2D eigenvalue weighted by molar-refractivity contribution is -0.115. The lowest BCUT2D eigenvalue weighted by atomic mass is 9.95. The van der Waals surface area contributed by atoms with Crippen molar-refractivity contribution in [1.82, 2.24) is 10.3 Å². The van der Waals surface area contributed by atoms with E-state index in [1.807, 2.05) is 6.07 Å². The van der Waals surface area contributed by atoms with Gasteiger partial charge in [0.1, 0.15) is 11.5 Å². The van der Waals surface area contributed by atoms with Gasteiger partial charge in [0.05, 0.1) is 0 Å². The summed E-state index contributed by atoms with van der Waals surface area (Å²) >= 11 is 0. The Morgan fingerprint density at radius 2 is 1.83 bits per heavy atom. The molecule has 3 rings (SSSR count). The summed E-state index contributed by atoms with van der Waals surface area (Å²) in [7, 11) is 0. The maximum Gasteiger partial charge on any atom is 0.270 e. The van der Waals surface area contributed by atoms with E-state index in [1.165, 1.54) is 6.42 Å². The third-order valence-electron chi connectivity index (χ3n) is 4.19. The van der Waals surface area contributed by atoms with Crippen LogP contribution in [0.2, 0.25) is 0 Å². The number of carbonyl (C=O) groups is 1. The Bertz CT molecular complexity index is 722. The Balaban J connectivity index is 1.91. The van der Waals surface area contributed by atoms with Gasteiger partial charge in [-0.2, -0.15) is 0 Å². The molecule has 0 aliphatic heterocycles. The maximum absolute atomic E-state index is 12.8. The molecule has 1 aliphatic rings. The summed E-state index contributed by atoms with van der Waals surface area (Å²) in [5, 5.41) is 13.2. The van der Waals surface area contributed by atoms with Crippen LogP contribution in [0.1, 0.15) is 37.7 Å². The first kappa shape index (κ1) is 16.2. The number of amides is 1. The van der Waals surface area contributed by atoms with E-state index in [4.69, 9.17) is 0 Å². The van der Waals surface area contributed by atoms with E-state index >= 15 is 0 Å². The molecule has 2 N–H and O–H groups in total. The van der Waals surface area contributed by atoms with Crippen molar-refractivity contribution in [3.05, 3.63) is 54.2 Å². The zero-order valence-corrected chi connectivity index (χ0v) is 13.5. The molecule has 124 valence electrons. The first-order valence-electron chi connectivity index (χ1n) is 8.33. The Labute approximate surface area is 141 Å². The molecule has 0 atom stereocenters. The minimum Gasteiger partial charge on any atom is -0.507 e. The van der Waals surface area contributed by atoms with E-state index in [0.29, 0.717) is 11.4 Å². The van der Waals surface area contributed by atoms with Gasteiger partial charge in [0.2, 0.25) is 0 Å². The van der Waals surface area contributed by atoms with Crippen molar-refractivity contribution < 1.29 is 9.90 Å². The number of carbonyl (C=O) groups excluding carboxylic acids is 1. The maximum atomic E-state index is 12.8. The fourth-order valence-corrected chi connectivity index (χ4v) is 2.94. The predicted octanol–water partition coefficient (Wildman–Crippen LogP) is 3.36. The smallest absolute Gasteiger partial charge is 0.270 e. The molecule has 0 spiro atoms. The summed E-state index contributed by atoms with van der Waals surface area (Å²) in [6, 6.07) is 12.2. The Kier molecular flexibility index (Phi) is 5.21. The topological polar surface area (TPSA) is 74.6 Å². The van der Waals surface area contributed by atoms with Crippen LogP contribution in [0.3, 0.4) is 0 Å². The van der Waals surface area contributed by atoms with E-state index in [-0.39, 0.29) is 23.4 Å². The summed E-state index contributed by atoms with van der Waals surface area (Å²) in [6.07, 6.45) is 7.09. The highest BCUT2D eigenvalue weighted by atomic mass is 16.3. The molecular weight excluding hydrogens is 302 g/mol. The molecule has 1 heterocycles. The van der Waals surface area contributed by atoms with E-state index in [0.717, 1.165) is 25.7 Å². The quantitative estimate of drug-likeness (QED) is 0.847. The van der Waals surface area contributed by atoms with Gasteiger partial charge in [-0.05, 0) is 37.1 Å². The van der Waals surface area contributed by atoms with Crippen molar-refractivity contribution in [3.63, 3.8) is 0 Å². The van der Waals surface area contributed by atoms with Gasteiger partial charge in [0.25, 0.3) is 5.91 Å². The Morgan fingerprint density at radius 3 is 2.54 bits per heavy atom. The second-order valence-electron chi connectivity index (χ2n) is 5.97. The normalized spacial score (nSPS) is 15.9. The van der Waals surface area contributed by atoms with Crippen LogP contribution >= 0.6 is 0 Å².